The number of benzene rings is 2. The van der Waals surface area contributed by atoms with Crippen molar-refractivity contribution in [3.05, 3.63) is 59.8 Å². The van der Waals surface area contributed by atoms with Gasteiger partial charge >= 0.3 is 0 Å². The van der Waals surface area contributed by atoms with Crippen molar-refractivity contribution in [3.63, 3.8) is 0 Å². The van der Waals surface area contributed by atoms with Gasteiger partial charge in [-0.3, -0.25) is 4.79 Å². The summed E-state index contributed by atoms with van der Waals surface area (Å²) in [5, 5.41) is 8.49. The Balaban J connectivity index is 1.47. The summed E-state index contributed by atoms with van der Waals surface area (Å²) in [5.41, 5.74) is 3.75. The number of methoxy groups -OCH3 is 2. The summed E-state index contributed by atoms with van der Waals surface area (Å²) in [7, 11) is 5.15. The monoisotopic (exact) mass is 451 g/mol. The second kappa shape index (κ2) is 8.70. The molecular formula is C24H25N3O4S. The van der Waals surface area contributed by atoms with Crippen LogP contribution in [0.3, 0.4) is 0 Å². The molecule has 0 bridgehead atoms. The molecule has 7 nitrogen and oxygen atoms in total. The molecule has 0 radical (unpaired) electrons. The van der Waals surface area contributed by atoms with Crippen LogP contribution in [0, 0.1) is 0 Å². The van der Waals surface area contributed by atoms with Crippen LogP contribution in [0.5, 0.6) is 11.5 Å². The van der Waals surface area contributed by atoms with Crippen LogP contribution in [0.4, 0.5) is 5.69 Å². The van der Waals surface area contributed by atoms with Crippen molar-refractivity contribution in [1.82, 2.24) is 10.2 Å². The Morgan fingerprint density at radius 3 is 2.47 bits per heavy atom. The summed E-state index contributed by atoms with van der Waals surface area (Å²) < 4.78 is 16.3. The van der Waals surface area contributed by atoms with E-state index in [-0.39, 0.29) is 17.0 Å². The van der Waals surface area contributed by atoms with Crippen LogP contribution in [0.2, 0.25) is 0 Å². The lowest BCUT2D eigenvalue weighted by Gasteiger charge is -2.23. The number of rotatable bonds is 7. The fourth-order valence-electron chi connectivity index (χ4n) is 3.90. The lowest BCUT2D eigenvalue weighted by molar-refractivity contribution is -0.112. The zero-order valence-corrected chi connectivity index (χ0v) is 19.5. The van der Waals surface area contributed by atoms with Crippen LogP contribution in [-0.4, -0.2) is 43.0 Å². The molecule has 0 saturated heterocycles. The summed E-state index contributed by atoms with van der Waals surface area (Å²) >= 11 is 1.22. The number of ketones is 1. The Morgan fingerprint density at radius 1 is 1.12 bits per heavy atom. The minimum absolute atomic E-state index is 0.0134. The van der Waals surface area contributed by atoms with E-state index >= 15 is 0 Å². The van der Waals surface area contributed by atoms with Gasteiger partial charge in [-0.1, -0.05) is 43.8 Å². The molecule has 166 valence electrons. The maximum atomic E-state index is 12.8. The number of nitrogens with zero attached hydrogens (tertiary/aromatic N) is 3. The van der Waals surface area contributed by atoms with Gasteiger partial charge in [0.1, 0.15) is 11.5 Å². The average molecular weight is 452 g/mol. The molecule has 0 atom stereocenters. The summed E-state index contributed by atoms with van der Waals surface area (Å²) in [4.78, 5) is 14.8. The topological polar surface area (TPSA) is 77.7 Å². The summed E-state index contributed by atoms with van der Waals surface area (Å²) in [5.74, 6) is 1.77. The van der Waals surface area contributed by atoms with E-state index in [4.69, 9.17) is 13.9 Å². The third kappa shape index (κ3) is 4.10. The van der Waals surface area contributed by atoms with E-state index in [1.54, 1.807) is 38.5 Å². The van der Waals surface area contributed by atoms with Crippen molar-refractivity contribution < 1.29 is 18.7 Å². The first kappa shape index (κ1) is 22.0. The molecule has 4 rings (SSSR count). The Kier molecular flexibility index (Phi) is 5.97. The molecule has 0 unspecified atom stereocenters. The van der Waals surface area contributed by atoms with Gasteiger partial charge in [0.05, 0.1) is 20.0 Å². The van der Waals surface area contributed by atoms with Gasteiger partial charge in [-0.05, 0) is 23.8 Å². The van der Waals surface area contributed by atoms with E-state index in [2.05, 4.69) is 41.1 Å². The van der Waals surface area contributed by atoms with E-state index in [0.29, 0.717) is 28.2 Å². The van der Waals surface area contributed by atoms with Crippen LogP contribution < -0.4 is 14.4 Å². The van der Waals surface area contributed by atoms with Gasteiger partial charge in [0.25, 0.3) is 5.22 Å². The van der Waals surface area contributed by atoms with E-state index in [1.165, 1.54) is 17.3 Å². The number of thioether (sulfide) groups is 1. The van der Waals surface area contributed by atoms with Crippen molar-refractivity contribution in [2.45, 2.75) is 24.5 Å². The highest BCUT2D eigenvalue weighted by molar-refractivity contribution is 7.99. The van der Waals surface area contributed by atoms with E-state index in [9.17, 15) is 4.79 Å². The van der Waals surface area contributed by atoms with Crippen molar-refractivity contribution in [2.24, 2.45) is 0 Å². The van der Waals surface area contributed by atoms with Crippen molar-refractivity contribution >= 4 is 23.2 Å². The second-order valence-electron chi connectivity index (χ2n) is 7.96. The Labute approximate surface area is 191 Å². The van der Waals surface area contributed by atoms with Gasteiger partial charge in [0.2, 0.25) is 5.89 Å². The first-order valence-corrected chi connectivity index (χ1v) is 11.1. The largest absolute Gasteiger partial charge is 0.497 e. The predicted molar refractivity (Wildman–Crippen MR) is 125 cm³/mol. The van der Waals surface area contributed by atoms with Crippen LogP contribution in [0.15, 0.2) is 63.9 Å². The molecule has 8 heteroatoms. The summed E-state index contributed by atoms with van der Waals surface area (Å²) in [6.45, 7) is 4.27. The smallest absolute Gasteiger partial charge is 0.277 e. The molecule has 32 heavy (non-hydrogen) atoms. The van der Waals surface area contributed by atoms with Crippen LogP contribution >= 0.6 is 11.8 Å². The number of fused-ring (bicyclic) bond motifs is 1. The fraction of sp³-hybridized carbons (Fsp3) is 0.292. The third-order valence-electron chi connectivity index (χ3n) is 5.58. The normalized spacial score (nSPS) is 15.7. The molecule has 3 aromatic rings. The molecule has 0 amide bonds. The molecule has 2 aromatic carbocycles. The predicted octanol–water partition coefficient (Wildman–Crippen LogP) is 4.73. The quantitative estimate of drug-likeness (QED) is 0.377. The van der Waals surface area contributed by atoms with Gasteiger partial charge in [0, 0.05) is 41.6 Å². The molecule has 1 aliphatic heterocycles. The summed E-state index contributed by atoms with van der Waals surface area (Å²) in [6, 6.07) is 13.6. The molecule has 0 fully saturated rings. The molecule has 0 N–H and O–H groups in total. The third-order valence-corrected chi connectivity index (χ3v) is 6.42. The molecule has 0 saturated carbocycles. The van der Waals surface area contributed by atoms with Crippen molar-refractivity contribution in [1.29, 1.82) is 0 Å². The van der Waals surface area contributed by atoms with Crippen LogP contribution in [0.25, 0.3) is 11.5 Å². The van der Waals surface area contributed by atoms with E-state index in [1.807, 2.05) is 19.2 Å². The number of allylic oxidation sites excluding steroid dienone is 2. The van der Waals surface area contributed by atoms with Crippen molar-refractivity contribution in [2.75, 3.05) is 31.9 Å². The molecule has 2 heterocycles. The molecular weight excluding hydrogens is 426 g/mol. The highest BCUT2D eigenvalue weighted by atomic mass is 32.2. The number of ether oxygens (including phenoxy) is 2. The number of aromatic nitrogens is 2. The standard InChI is InChI=1S/C24H25N3O4S/c1-24(2)19-8-6-7-9-20(19)27(3)21(24)12-16(28)14-32-23-26-25-22(31-23)15-10-17(29-4)13-18(11-15)30-5/h6-13H,14H2,1-5H3. The lowest BCUT2D eigenvalue weighted by Crippen LogP contribution is -2.24. The van der Waals surface area contributed by atoms with Gasteiger partial charge in [0.15, 0.2) is 5.78 Å². The highest BCUT2D eigenvalue weighted by Gasteiger charge is 2.38. The highest BCUT2D eigenvalue weighted by Crippen LogP contribution is 2.46. The van der Waals surface area contributed by atoms with Gasteiger partial charge in [-0.25, -0.2) is 0 Å². The first-order valence-electron chi connectivity index (χ1n) is 10.1. The van der Waals surface area contributed by atoms with Gasteiger partial charge < -0.3 is 18.8 Å². The number of carbonyl (C=O) groups excluding carboxylic acids is 1. The number of hydrogen-bond acceptors (Lipinski definition) is 8. The van der Waals surface area contributed by atoms with Gasteiger partial charge in [-0.2, -0.15) is 0 Å². The van der Waals surface area contributed by atoms with Crippen LogP contribution in [0.1, 0.15) is 19.4 Å². The minimum Gasteiger partial charge on any atom is -0.497 e. The average Bonchev–Trinajstić information content (AvgIpc) is 3.35. The van der Waals surface area contributed by atoms with E-state index in [0.717, 1.165) is 11.4 Å². The Hall–Kier alpha value is -3.26. The zero-order chi connectivity index (χ0) is 22.9. The minimum atomic E-state index is -0.241. The van der Waals surface area contributed by atoms with Crippen molar-refractivity contribution in [3.8, 4) is 23.0 Å². The summed E-state index contributed by atoms with van der Waals surface area (Å²) in [6.07, 6.45) is 1.72. The molecule has 1 aliphatic rings. The Bertz CT molecular complexity index is 1160. The molecule has 0 spiro atoms. The number of hydrogen-bond donors (Lipinski definition) is 0. The number of likely N-dealkylation sites (N-methyl/N-ethyl adjacent to an activating group) is 1. The first-order chi connectivity index (χ1) is 15.3. The fourth-order valence-corrected chi connectivity index (χ4v) is 4.49. The van der Waals surface area contributed by atoms with E-state index < -0.39 is 0 Å². The van der Waals surface area contributed by atoms with Crippen LogP contribution in [-0.2, 0) is 10.2 Å². The molecule has 0 aliphatic carbocycles. The zero-order valence-electron chi connectivity index (χ0n) is 18.7. The SMILES string of the molecule is COc1cc(OC)cc(-c2nnc(SCC(=O)C=C3N(C)c4ccccc4C3(C)C)o2)c1. The second-order valence-corrected chi connectivity index (χ2v) is 8.89. The number of carbonyl (C=O) groups is 1. The molecule has 1 aromatic heterocycles. The van der Waals surface area contributed by atoms with Gasteiger partial charge in [-0.15, -0.1) is 10.2 Å². The Morgan fingerprint density at radius 2 is 1.81 bits per heavy atom. The number of anilines is 1. The lowest BCUT2D eigenvalue weighted by atomic mass is 9.83. The number of para-hydroxylation sites is 1. The maximum Gasteiger partial charge on any atom is 0.277 e. The maximum absolute atomic E-state index is 12.8.